The third-order valence-corrected chi connectivity index (χ3v) is 3.40. The van der Waals surface area contributed by atoms with Crippen LogP contribution in [0.25, 0.3) is 0 Å². The van der Waals surface area contributed by atoms with Gasteiger partial charge in [0.05, 0.1) is 6.61 Å². The smallest absolute Gasteiger partial charge is 0.126 e. The van der Waals surface area contributed by atoms with Gasteiger partial charge in [0.15, 0.2) is 0 Å². The Hall–Kier alpha value is -1.87. The van der Waals surface area contributed by atoms with Crippen molar-refractivity contribution in [3.8, 4) is 5.75 Å². The molecule has 0 unspecified atom stereocenters. The molecular formula is C18H24N2O. The van der Waals surface area contributed by atoms with Gasteiger partial charge in [-0.25, -0.2) is 0 Å². The maximum Gasteiger partial charge on any atom is 0.126 e. The lowest BCUT2D eigenvalue weighted by atomic mass is 10.1. The molecule has 0 aliphatic rings. The number of ether oxygens (including phenoxy) is 1. The summed E-state index contributed by atoms with van der Waals surface area (Å²) in [7, 11) is 0. The molecule has 2 aromatic rings. The minimum Gasteiger partial charge on any atom is -0.493 e. The quantitative estimate of drug-likeness (QED) is 0.753. The minimum absolute atomic E-state index is 0.678. The first-order chi connectivity index (χ1) is 10.3. The molecule has 0 saturated heterocycles. The van der Waals surface area contributed by atoms with Gasteiger partial charge in [-0.2, -0.15) is 0 Å². The fraction of sp³-hybridized carbons (Fsp3) is 0.389. The van der Waals surface area contributed by atoms with Crippen LogP contribution in [-0.2, 0) is 13.0 Å². The number of hydrogen-bond acceptors (Lipinski definition) is 3. The Labute approximate surface area is 127 Å². The largest absolute Gasteiger partial charge is 0.493 e. The van der Waals surface area contributed by atoms with Crippen LogP contribution < -0.4 is 10.1 Å². The summed E-state index contributed by atoms with van der Waals surface area (Å²) in [5.41, 5.74) is 3.63. The number of benzene rings is 1. The molecule has 3 nitrogen and oxygen atoms in total. The Bertz CT molecular complexity index is 540. The van der Waals surface area contributed by atoms with E-state index in [0.29, 0.717) is 6.61 Å². The molecule has 0 saturated carbocycles. The SMILES string of the molecule is CCCNCc1cccc(C)c1OCCc1cccnc1. The molecule has 1 aromatic heterocycles. The van der Waals surface area contributed by atoms with Crippen molar-refractivity contribution in [2.24, 2.45) is 0 Å². The molecule has 0 atom stereocenters. The van der Waals surface area contributed by atoms with Gasteiger partial charge >= 0.3 is 0 Å². The summed E-state index contributed by atoms with van der Waals surface area (Å²) in [6, 6.07) is 10.4. The van der Waals surface area contributed by atoms with Crippen molar-refractivity contribution >= 4 is 0 Å². The number of pyridine rings is 1. The van der Waals surface area contributed by atoms with E-state index < -0.39 is 0 Å². The van der Waals surface area contributed by atoms with Crippen LogP contribution in [0.15, 0.2) is 42.7 Å². The lowest BCUT2D eigenvalue weighted by Crippen LogP contribution is -2.15. The summed E-state index contributed by atoms with van der Waals surface area (Å²) in [4.78, 5) is 4.13. The average molecular weight is 284 g/mol. The molecule has 0 amide bonds. The van der Waals surface area contributed by atoms with Crippen LogP contribution in [-0.4, -0.2) is 18.1 Å². The van der Waals surface area contributed by atoms with Gasteiger partial charge in [0.2, 0.25) is 0 Å². The molecule has 112 valence electrons. The fourth-order valence-corrected chi connectivity index (χ4v) is 2.28. The second-order valence-electron chi connectivity index (χ2n) is 5.20. The Morgan fingerprint density at radius 2 is 2.10 bits per heavy atom. The highest BCUT2D eigenvalue weighted by atomic mass is 16.5. The number of nitrogens with one attached hydrogen (secondary N) is 1. The zero-order chi connectivity index (χ0) is 14.9. The second kappa shape index (κ2) is 8.42. The third kappa shape index (κ3) is 4.87. The van der Waals surface area contributed by atoms with Gasteiger partial charge in [-0.3, -0.25) is 4.98 Å². The molecule has 1 heterocycles. The lowest BCUT2D eigenvalue weighted by molar-refractivity contribution is 0.315. The molecule has 0 bridgehead atoms. The van der Waals surface area contributed by atoms with Crippen LogP contribution in [0.5, 0.6) is 5.75 Å². The predicted octanol–water partition coefficient (Wildman–Crippen LogP) is 3.51. The number of hydrogen-bond donors (Lipinski definition) is 1. The topological polar surface area (TPSA) is 34.1 Å². The molecule has 21 heavy (non-hydrogen) atoms. The number of para-hydroxylation sites is 1. The molecule has 0 aliphatic heterocycles. The van der Waals surface area contributed by atoms with E-state index in [4.69, 9.17) is 4.74 Å². The van der Waals surface area contributed by atoms with Crippen molar-refractivity contribution in [3.63, 3.8) is 0 Å². The maximum absolute atomic E-state index is 6.03. The molecule has 2 rings (SSSR count). The van der Waals surface area contributed by atoms with Crippen molar-refractivity contribution in [3.05, 3.63) is 59.4 Å². The van der Waals surface area contributed by atoms with Gasteiger partial charge in [-0.1, -0.05) is 31.2 Å². The van der Waals surface area contributed by atoms with Crippen molar-refractivity contribution in [1.82, 2.24) is 10.3 Å². The summed E-state index contributed by atoms with van der Waals surface area (Å²) < 4.78 is 6.03. The molecule has 0 aliphatic carbocycles. The average Bonchev–Trinajstić information content (AvgIpc) is 2.51. The van der Waals surface area contributed by atoms with Crippen LogP contribution >= 0.6 is 0 Å². The van der Waals surface area contributed by atoms with Crippen LogP contribution in [0, 0.1) is 6.92 Å². The first kappa shape index (κ1) is 15.5. The summed E-state index contributed by atoms with van der Waals surface area (Å²) in [6.45, 7) is 6.84. The summed E-state index contributed by atoms with van der Waals surface area (Å²) >= 11 is 0. The number of nitrogens with zero attached hydrogens (tertiary/aromatic N) is 1. The summed E-state index contributed by atoms with van der Waals surface area (Å²) in [6.07, 6.45) is 5.71. The van der Waals surface area contributed by atoms with Gasteiger partial charge < -0.3 is 10.1 Å². The van der Waals surface area contributed by atoms with Gasteiger partial charge in [-0.15, -0.1) is 0 Å². The van der Waals surface area contributed by atoms with E-state index in [9.17, 15) is 0 Å². The highest BCUT2D eigenvalue weighted by Gasteiger charge is 2.06. The lowest BCUT2D eigenvalue weighted by Gasteiger charge is -2.14. The van der Waals surface area contributed by atoms with Crippen LogP contribution in [0.4, 0.5) is 0 Å². The van der Waals surface area contributed by atoms with E-state index >= 15 is 0 Å². The third-order valence-electron chi connectivity index (χ3n) is 3.40. The normalized spacial score (nSPS) is 10.6. The van der Waals surface area contributed by atoms with E-state index in [0.717, 1.165) is 31.7 Å². The Morgan fingerprint density at radius 3 is 2.86 bits per heavy atom. The number of aryl methyl sites for hydroxylation is 1. The van der Waals surface area contributed by atoms with Crippen molar-refractivity contribution in [1.29, 1.82) is 0 Å². The highest BCUT2D eigenvalue weighted by molar-refractivity contribution is 5.40. The molecule has 0 spiro atoms. The first-order valence-electron chi connectivity index (χ1n) is 7.62. The predicted molar refractivity (Wildman–Crippen MR) is 86.6 cm³/mol. The first-order valence-corrected chi connectivity index (χ1v) is 7.62. The number of aromatic nitrogens is 1. The highest BCUT2D eigenvalue weighted by Crippen LogP contribution is 2.23. The number of rotatable bonds is 8. The molecule has 1 aromatic carbocycles. The Morgan fingerprint density at radius 1 is 1.19 bits per heavy atom. The zero-order valence-electron chi connectivity index (χ0n) is 12.9. The van der Waals surface area contributed by atoms with Crippen molar-refractivity contribution in [2.45, 2.75) is 33.2 Å². The van der Waals surface area contributed by atoms with Crippen molar-refractivity contribution in [2.75, 3.05) is 13.2 Å². The van der Waals surface area contributed by atoms with E-state index in [1.54, 1.807) is 6.20 Å². The zero-order valence-corrected chi connectivity index (χ0v) is 12.9. The Kier molecular flexibility index (Phi) is 6.22. The van der Waals surface area contributed by atoms with E-state index in [1.807, 2.05) is 12.3 Å². The second-order valence-corrected chi connectivity index (χ2v) is 5.20. The van der Waals surface area contributed by atoms with Crippen LogP contribution in [0.2, 0.25) is 0 Å². The fourth-order valence-electron chi connectivity index (χ4n) is 2.28. The molecular weight excluding hydrogens is 260 g/mol. The van der Waals surface area contributed by atoms with Crippen LogP contribution in [0.1, 0.15) is 30.0 Å². The Balaban J connectivity index is 1.94. The van der Waals surface area contributed by atoms with E-state index in [1.165, 1.54) is 16.7 Å². The molecule has 3 heteroatoms. The van der Waals surface area contributed by atoms with Gasteiger partial charge in [0.25, 0.3) is 0 Å². The monoisotopic (exact) mass is 284 g/mol. The maximum atomic E-state index is 6.03. The molecule has 1 N–H and O–H groups in total. The minimum atomic E-state index is 0.678. The summed E-state index contributed by atoms with van der Waals surface area (Å²) in [5.74, 6) is 1.02. The molecule has 0 radical (unpaired) electrons. The van der Waals surface area contributed by atoms with Crippen LogP contribution in [0.3, 0.4) is 0 Å². The van der Waals surface area contributed by atoms with E-state index in [2.05, 4.69) is 48.4 Å². The van der Waals surface area contributed by atoms with E-state index in [-0.39, 0.29) is 0 Å². The standard InChI is InChI=1S/C18H24N2O/c1-3-10-19-14-17-8-4-6-15(2)18(17)21-12-9-16-7-5-11-20-13-16/h4-8,11,13,19H,3,9-10,12,14H2,1-2H3. The molecule has 0 fully saturated rings. The van der Waals surface area contributed by atoms with Gasteiger partial charge in [0.1, 0.15) is 5.75 Å². The van der Waals surface area contributed by atoms with Gasteiger partial charge in [0, 0.05) is 30.9 Å². The van der Waals surface area contributed by atoms with Crippen molar-refractivity contribution < 1.29 is 4.74 Å². The van der Waals surface area contributed by atoms with Gasteiger partial charge in [-0.05, 0) is 37.1 Å². The summed E-state index contributed by atoms with van der Waals surface area (Å²) in [5, 5.41) is 3.44.